The zero-order valence-electron chi connectivity index (χ0n) is 15.1. The van der Waals surface area contributed by atoms with Crippen molar-refractivity contribution in [3.05, 3.63) is 36.8 Å². The summed E-state index contributed by atoms with van der Waals surface area (Å²) in [6.45, 7) is 5.98. The van der Waals surface area contributed by atoms with Crippen LogP contribution in [0.4, 0.5) is 5.82 Å². The molecular weight excluding hydrogens is 332 g/mol. The smallest absolute Gasteiger partial charge is 0.251 e. The van der Waals surface area contributed by atoms with Crippen molar-refractivity contribution in [2.75, 3.05) is 18.0 Å². The number of carbonyl (C=O) groups is 1. The monoisotopic (exact) mass is 356 g/mol. The van der Waals surface area contributed by atoms with Gasteiger partial charge in [0.15, 0.2) is 6.10 Å². The highest BCUT2D eigenvalue weighted by atomic mass is 16.5. The van der Waals surface area contributed by atoms with Crippen LogP contribution in [0.3, 0.4) is 0 Å². The van der Waals surface area contributed by atoms with Gasteiger partial charge in [0.25, 0.3) is 5.91 Å². The van der Waals surface area contributed by atoms with Gasteiger partial charge in [0.05, 0.1) is 12.7 Å². The van der Waals surface area contributed by atoms with E-state index in [9.17, 15) is 4.79 Å². The van der Waals surface area contributed by atoms with E-state index in [4.69, 9.17) is 4.74 Å². The quantitative estimate of drug-likeness (QED) is 0.886. The van der Waals surface area contributed by atoms with Crippen LogP contribution in [0.1, 0.15) is 32.5 Å². The van der Waals surface area contributed by atoms with Gasteiger partial charge < -0.3 is 19.5 Å². The van der Waals surface area contributed by atoms with Crippen LogP contribution >= 0.6 is 0 Å². The maximum absolute atomic E-state index is 12.6. The lowest BCUT2D eigenvalue weighted by Gasteiger charge is -2.45. The summed E-state index contributed by atoms with van der Waals surface area (Å²) in [5.41, 5.74) is -0.528. The Labute approximate surface area is 152 Å². The number of fused-ring (bicyclic) bond motifs is 2. The first kappa shape index (κ1) is 17.0. The van der Waals surface area contributed by atoms with Crippen LogP contribution in [-0.2, 0) is 21.7 Å². The first-order chi connectivity index (χ1) is 12.6. The van der Waals surface area contributed by atoms with Gasteiger partial charge in [0.1, 0.15) is 17.2 Å². The van der Waals surface area contributed by atoms with Crippen molar-refractivity contribution in [3.8, 4) is 0 Å². The summed E-state index contributed by atoms with van der Waals surface area (Å²) in [5.74, 6) is 1.73. The van der Waals surface area contributed by atoms with Crippen LogP contribution < -0.4 is 10.2 Å². The fraction of sp³-hybridized carbons (Fsp3) is 0.556. The van der Waals surface area contributed by atoms with Crippen molar-refractivity contribution in [2.45, 2.75) is 51.0 Å². The van der Waals surface area contributed by atoms with Gasteiger partial charge in [0, 0.05) is 56.8 Å². The molecule has 0 bridgehead atoms. The number of rotatable bonds is 3. The van der Waals surface area contributed by atoms with Gasteiger partial charge in [-0.2, -0.15) is 0 Å². The number of hydrogen-bond donors (Lipinski definition) is 1. The summed E-state index contributed by atoms with van der Waals surface area (Å²) in [6.07, 6.45) is 9.89. The zero-order valence-corrected chi connectivity index (χ0v) is 15.1. The van der Waals surface area contributed by atoms with Crippen molar-refractivity contribution in [1.29, 1.82) is 0 Å². The second-order valence-electron chi connectivity index (χ2n) is 7.22. The molecule has 1 N–H and O–H groups in total. The Balaban J connectivity index is 1.55. The van der Waals surface area contributed by atoms with E-state index in [2.05, 4.69) is 29.7 Å². The van der Waals surface area contributed by atoms with E-state index < -0.39 is 11.7 Å². The van der Waals surface area contributed by atoms with E-state index in [-0.39, 0.29) is 11.9 Å². The predicted molar refractivity (Wildman–Crippen MR) is 95.5 cm³/mol. The molecule has 138 valence electrons. The third-order valence-electron chi connectivity index (χ3n) is 5.02. The van der Waals surface area contributed by atoms with Crippen LogP contribution in [0.25, 0.3) is 0 Å². The lowest BCUT2D eigenvalue weighted by molar-refractivity contribution is -0.167. The Bertz CT molecular complexity index is 767. The average Bonchev–Trinajstić information content (AvgIpc) is 3.12. The van der Waals surface area contributed by atoms with E-state index in [1.165, 1.54) is 0 Å². The molecule has 1 atom stereocenters. The average molecular weight is 356 g/mol. The highest BCUT2D eigenvalue weighted by molar-refractivity contribution is 5.81. The molecule has 2 aliphatic rings. The number of piperidine rings is 1. The van der Waals surface area contributed by atoms with Crippen LogP contribution in [0.2, 0.25) is 0 Å². The molecule has 4 heterocycles. The molecule has 26 heavy (non-hydrogen) atoms. The molecule has 2 aliphatic heterocycles. The SMILES string of the molecule is CC(C)NC(=O)C1Cn2ccnc2C2(CCN(c3cnccn3)CC2)O1. The normalized spacial score (nSPS) is 21.7. The summed E-state index contributed by atoms with van der Waals surface area (Å²) >= 11 is 0. The van der Waals surface area contributed by atoms with E-state index in [1.54, 1.807) is 24.8 Å². The van der Waals surface area contributed by atoms with Gasteiger partial charge in [-0.25, -0.2) is 9.97 Å². The number of amides is 1. The second-order valence-corrected chi connectivity index (χ2v) is 7.22. The standard InChI is InChI=1S/C18H24N6O2/c1-13(2)22-16(25)14-12-24-10-7-21-17(24)18(26-14)3-8-23(9-4-18)15-11-19-5-6-20-15/h5-7,10-11,13-14H,3-4,8-9,12H2,1-2H3,(H,22,25). The molecule has 1 unspecified atom stereocenters. The fourth-order valence-corrected chi connectivity index (χ4v) is 3.80. The maximum Gasteiger partial charge on any atom is 0.251 e. The molecule has 1 saturated heterocycles. The molecule has 1 amide bonds. The van der Waals surface area contributed by atoms with Gasteiger partial charge in [-0.05, 0) is 13.8 Å². The van der Waals surface area contributed by atoms with Gasteiger partial charge in [-0.1, -0.05) is 0 Å². The molecule has 8 nitrogen and oxygen atoms in total. The van der Waals surface area contributed by atoms with Crippen LogP contribution in [0.5, 0.6) is 0 Å². The highest BCUT2D eigenvalue weighted by Crippen LogP contribution is 2.40. The molecule has 0 aliphatic carbocycles. The zero-order chi connectivity index (χ0) is 18.1. The van der Waals surface area contributed by atoms with Gasteiger partial charge >= 0.3 is 0 Å². The van der Waals surface area contributed by atoms with Crippen molar-refractivity contribution in [2.24, 2.45) is 0 Å². The molecule has 0 radical (unpaired) electrons. The Morgan fingerprint density at radius 1 is 1.27 bits per heavy atom. The topological polar surface area (TPSA) is 85.2 Å². The van der Waals surface area contributed by atoms with Crippen LogP contribution in [0, 0.1) is 0 Å². The number of nitrogens with one attached hydrogen (secondary N) is 1. The summed E-state index contributed by atoms with van der Waals surface area (Å²) < 4.78 is 8.45. The number of imidazole rings is 1. The van der Waals surface area contributed by atoms with Crippen LogP contribution in [0.15, 0.2) is 31.0 Å². The predicted octanol–water partition coefficient (Wildman–Crippen LogP) is 1.09. The fourth-order valence-electron chi connectivity index (χ4n) is 3.80. The third-order valence-corrected chi connectivity index (χ3v) is 5.02. The Morgan fingerprint density at radius 3 is 2.77 bits per heavy atom. The molecule has 1 spiro atoms. The van der Waals surface area contributed by atoms with Crippen molar-refractivity contribution >= 4 is 11.7 Å². The molecule has 2 aromatic rings. The molecular formula is C18H24N6O2. The van der Waals surface area contributed by atoms with Crippen LogP contribution in [-0.4, -0.2) is 50.7 Å². The number of ether oxygens (including phenoxy) is 1. The number of carbonyl (C=O) groups excluding carboxylic acids is 1. The number of aromatic nitrogens is 4. The summed E-state index contributed by atoms with van der Waals surface area (Å²) in [5, 5.41) is 2.97. The van der Waals surface area contributed by atoms with E-state index in [0.717, 1.165) is 37.6 Å². The number of anilines is 1. The Morgan fingerprint density at radius 2 is 2.08 bits per heavy atom. The summed E-state index contributed by atoms with van der Waals surface area (Å²) in [7, 11) is 0. The lowest BCUT2D eigenvalue weighted by Crippen LogP contribution is -2.54. The Hall–Kier alpha value is -2.48. The molecule has 2 aromatic heterocycles. The minimum absolute atomic E-state index is 0.0601. The van der Waals surface area contributed by atoms with Gasteiger partial charge in [-0.15, -0.1) is 0 Å². The summed E-state index contributed by atoms with van der Waals surface area (Å²) in [4.78, 5) is 27.8. The molecule has 0 saturated carbocycles. The number of nitrogens with zero attached hydrogens (tertiary/aromatic N) is 5. The third kappa shape index (κ3) is 3.05. The van der Waals surface area contributed by atoms with Gasteiger partial charge in [0.2, 0.25) is 0 Å². The van der Waals surface area contributed by atoms with Crippen molar-refractivity contribution in [1.82, 2.24) is 24.8 Å². The lowest BCUT2D eigenvalue weighted by atomic mass is 9.88. The van der Waals surface area contributed by atoms with Crippen molar-refractivity contribution < 1.29 is 9.53 Å². The minimum atomic E-state index is -0.528. The molecule has 4 rings (SSSR count). The first-order valence-electron chi connectivity index (χ1n) is 9.08. The maximum atomic E-state index is 12.6. The molecule has 0 aromatic carbocycles. The Kier molecular flexibility index (Phi) is 4.36. The molecule has 8 heteroatoms. The van der Waals surface area contributed by atoms with E-state index >= 15 is 0 Å². The second kappa shape index (κ2) is 6.68. The number of hydrogen-bond acceptors (Lipinski definition) is 6. The van der Waals surface area contributed by atoms with Crippen molar-refractivity contribution in [3.63, 3.8) is 0 Å². The largest absolute Gasteiger partial charge is 0.355 e. The van der Waals surface area contributed by atoms with Gasteiger partial charge in [-0.3, -0.25) is 9.78 Å². The highest BCUT2D eigenvalue weighted by Gasteiger charge is 2.47. The minimum Gasteiger partial charge on any atom is -0.355 e. The van der Waals surface area contributed by atoms with E-state index in [0.29, 0.717) is 6.54 Å². The first-order valence-corrected chi connectivity index (χ1v) is 9.08. The molecule has 1 fully saturated rings. The van der Waals surface area contributed by atoms with E-state index in [1.807, 2.05) is 20.0 Å². The summed E-state index contributed by atoms with van der Waals surface area (Å²) in [6, 6.07) is 0.0877.